The summed E-state index contributed by atoms with van der Waals surface area (Å²) in [6.07, 6.45) is 7.38. The minimum atomic E-state index is -0.603. The molecule has 0 spiro atoms. The molecule has 0 saturated carbocycles. The van der Waals surface area contributed by atoms with Crippen LogP contribution in [0.2, 0.25) is 0 Å². The van der Waals surface area contributed by atoms with Crippen LogP contribution in [0, 0.1) is 0 Å². The Hall–Kier alpha value is -2.76. The van der Waals surface area contributed by atoms with E-state index in [9.17, 15) is 9.59 Å². The highest BCUT2D eigenvalue weighted by Gasteiger charge is 2.17. The molecule has 6 heteroatoms. The Morgan fingerprint density at radius 3 is 2.14 bits per heavy atom. The number of nitrogens with one attached hydrogen (secondary N) is 1. The Morgan fingerprint density at radius 1 is 1.00 bits per heavy atom. The maximum atomic E-state index is 12.0. The molecule has 2 aromatic rings. The standard InChI is InChI=1S/C16H18N4O2/c1-20(11-6-13-2-7-17-8-3-13)16(22)15(21)19-12-14-4-9-18-10-5-14/h2-5,7-10H,6,11-12H2,1H3,(H,19,21). The molecule has 0 saturated heterocycles. The Balaban J connectivity index is 1.78. The Bertz CT molecular complexity index is 617. The molecule has 2 heterocycles. The van der Waals surface area contributed by atoms with E-state index in [-0.39, 0.29) is 0 Å². The molecule has 0 aliphatic carbocycles. The molecule has 0 unspecified atom stereocenters. The predicted octanol–water partition coefficient (Wildman–Crippen LogP) is 0.794. The second-order valence-corrected chi connectivity index (χ2v) is 4.87. The van der Waals surface area contributed by atoms with Gasteiger partial charge in [0.05, 0.1) is 0 Å². The lowest BCUT2D eigenvalue weighted by Crippen LogP contribution is -2.41. The van der Waals surface area contributed by atoms with Crippen LogP contribution in [0.5, 0.6) is 0 Å². The highest BCUT2D eigenvalue weighted by molar-refractivity contribution is 6.34. The third-order valence-electron chi connectivity index (χ3n) is 3.23. The summed E-state index contributed by atoms with van der Waals surface area (Å²) < 4.78 is 0. The van der Waals surface area contributed by atoms with Crippen molar-refractivity contribution in [3.05, 3.63) is 60.2 Å². The van der Waals surface area contributed by atoms with Crippen LogP contribution < -0.4 is 5.32 Å². The summed E-state index contributed by atoms with van der Waals surface area (Å²) in [7, 11) is 1.62. The molecule has 0 aliphatic rings. The van der Waals surface area contributed by atoms with Crippen molar-refractivity contribution in [2.45, 2.75) is 13.0 Å². The number of pyridine rings is 2. The number of aromatic nitrogens is 2. The summed E-state index contributed by atoms with van der Waals surface area (Å²) in [5.74, 6) is -1.14. The highest BCUT2D eigenvalue weighted by Crippen LogP contribution is 2.00. The van der Waals surface area contributed by atoms with Gasteiger partial charge >= 0.3 is 11.8 Å². The quantitative estimate of drug-likeness (QED) is 0.828. The van der Waals surface area contributed by atoms with Crippen LogP contribution in [-0.2, 0) is 22.6 Å². The van der Waals surface area contributed by atoms with Crippen molar-refractivity contribution in [2.24, 2.45) is 0 Å². The Morgan fingerprint density at radius 2 is 1.55 bits per heavy atom. The van der Waals surface area contributed by atoms with E-state index in [1.165, 1.54) is 4.90 Å². The average Bonchev–Trinajstić information content (AvgIpc) is 2.58. The van der Waals surface area contributed by atoms with Gasteiger partial charge in [0.25, 0.3) is 0 Å². The lowest BCUT2D eigenvalue weighted by molar-refractivity contribution is -0.145. The van der Waals surface area contributed by atoms with Gasteiger partial charge in [0.1, 0.15) is 0 Å². The van der Waals surface area contributed by atoms with E-state index >= 15 is 0 Å². The van der Waals surface area contributed by atoms with Crippen LogP contribution in [0.3, 0.4) is 0 Å². The smallest absolute Gasteiger partial charge is 0.311 e. The molecular formula is C16H18N4O2. The van der Waals surface area contributed by atoms with Gasteiger partial charge in [-0.05, 0) is 41.8 Å². The Kier molecular flexibility index (Phi) is 5.59. The summed E-state index contributed by atoms with van der Waals surface area (Å²) in [5.41, 5.74) is 1.97. The molecule has 0 bridgehead atoms. The molecule has 0 atom stereocenters. The third-order valence-corrected chi connectivity index (χ3v) is 3.23. The predicted molar refractivity (Wildman–Crippen MR) is 81.7 cm³/mol. The third kappa shape index (κ3) is 4.66. The fourth-order valence-electron chi connectivity index (χ4n) is 1.88. The monoisotopic (exact) mass is 298 g/mol. The van der Waals surface area contributed by atoms with Gasteiger partial charge < -0.3 is 10.2 Å². The molecule has 2 aromatic heterocycles. The van der Waals surface area contributed by atoms with Crippen molar-refractivity contribution in [1.29, 1.82) is 0 Å². The van der Waals surface area contributed by atoms with E-state index in [0.29, 0.717) is 19.5 Å². The van der Waals surface area contributed by atoms with Gasteiger partial charge in [0, 0.05) is 44.9 Å². The minimum Gasteiger partial charge on any atom is -0.344 e. The van der Waals surface area contributed by atoms with Gasteiger partial charge in [0.2, 0.25) is 0 Å². The normalized spacial score (nSPS) is 10.0. The summed E-state index contributed by atoms with van der Waals surface area (Å²) >= 11 is 0. The molecule has 114 valence electrons. The van der Waals surface area contributed by atoms with Crippen LogP contribution >= 0.6 is 0 Å². The van der Waals surface area contributed by atoms with Crippen LogP contribution in [0.4, 0.5) is 0 Å². The molecule has 0 aliphatic heterocycles. The van der Waals surface area contributed by atoms with Crippen molar-refractivity contribution in [3.8, 4) is 0 Å². The topological polar surface area (TPSA) is 75.2 Å². The number of hydrogen-bond acceptors (Lipinski definition) is 4. The SMILES string of the molecule is CN(CCc1ccncc1)C(=O)C(=O)NCc1ccncc1. The van der Waals surface area contributed by atoms with Gasteiger partial charge in [-0.1, -0.05) is 0 Å². The van der Waals surface area contributed by atoms with Crippen LogP contribution in [0.25, 0.3) is 0 Å². The molecule has 6 nitrogen and oxygen atoms in total. The largest absolute Gasteiger partial charge is 0.344 e. The molecular weight excluding hydrogens is 280 g/mol. The maximum absolute atomic E-state index is 12.0. The first kappa shape index (κ1) is 15.6. The van der Waals surface area contributed by atoms with Crippen LogP contribution in [-0.4, -0.2) is 40.3 Å². The first-order chi connectivity index (χ1) is 10.7. The maximum Gasteiger partial charge on any atom is 0.311 e. The van der Waals surface area contributed by atoms with Crippen LogP contribution in [0.1, 0.15) is 11.1 Å². The lowest BCUT2D eigenvalue weighted by Gasteiger charge is -2.16. The van der Waals surface area contributed by atoms with Crippen molar-refractivity contribution in [1.82, 2.24) is 20.2 Å². The Labute approximate surface area is 129 Å². The number of carbonyl (C=O) groups is 2. The lowest BCUT2D eigenvalue weighted by atomic mass is 10.2. The van der Waals surface area contributed by atoms with Crippen molar-refractivity contribution >= 4 is 11.8 Å². The van der Waals surface area contributed by atoms with E-state index in [4.69, 9.17) is 0 Å². The second-order valence-electron chi connectivity index (χ2n) is 4.87. The van der Waals surface area contributed by atoms with Crippen LogP contribution in [0.15, 0.2) is 49.1 Å². The first-order valence-electron chi connectivity index (χ1n) is 6.98. The van der Waals surface area contributed by atoms with Gasteiger partial charge in [-0.15, -0.1) is 0 Å². The van der Waals surface area contributed by atoms with E-state index in [1.54, 1.807) is 44.0 Å². The number of rotatable bonds is 5. The molecule has 2 amide bonds. The fraction of sp³-hybridized carbons (Fsp3) is 0.250. The molecule has 0 fully saturated rings. The number of nitrogens with zero attached hydrogens (tertiary/aromatic N) is 3. The number of amides is 2. The first-order valence-corrected chi connectivity index (χ1v) is 6.98. The summed E-state index contributed by atoms with van der Waals surface area (Å²) in [6.45, 7) is 0.789. The zero-order chi connectivity index (χ0) is 15.8. The van der Waals surface area contributed by atoms with E-state index in [0.717, 1.165) is 11.1 Å². The number of carbonyl (C=O) groups excluding carboxylic acids is 2. The molecule has 2 rings (SSSR count). The highest BCUT2D eigenvalue weighted by atomic mass is 16.2. The summed E-state index contributed by atoms with van der Waals surface area (Å²) in [6, 6.07) is 7.36. The van der Waals surface area contributed by atoms with Gasteiger partial charge in [-0.3, -0.25) is 19.6 Å². The summed E-state index contributed by atoms with van der Waals surface area (Å²) in [5, 5.41) is 2.61. The van der Waals surface area contributed by atoms with E-state index in [1.807, 2.05) is 12.1 Å². The fourth-order valence-corrected chi connectivity index (χ4v) is 1.88. The zero-order valence-corrected chi connectivity index (χ0v) is 12.4. The van der Waals surface area contributed by atoms with Crippen molar-refractivity contribution in [3.63, 3.8) is 0 Å². The van der Waals surface area contributed by atoms with E-state index < -0.39 is 11.8 Å². The molecule has 0 aromatic carbocycles. The number of likely N-dealkylation sites (N-methyl/N-ethyl adjacent to an activating group) is 1. The molecule has 1 N–H and O–H groups in total. The van der Waals surface area contributed by atoms with Gasteiger partial charge in [0.15, 0.2) is 0 Å². The van der Waals surface area contributed by atoms with Gasteiger partial charge in [-0.25, -0.2) is 0 Å². The average molecular weight is 298 g/mol. The van der Waals surface area contributed by atoms with Gasteiger partial charge in [-0.2, -0.15) is 0 Å². The molecule has 0 radical (unpaired) electrons. The van der Waals surface area contributed by atoms with Crippen molar-refractivity contribution in [2.75, 3.05) is 13.6 Å². The van der Waals surface area contributed by atoms with E-state index in [2.05, 4.69) is 15.3 Å². The number of hydrogen-bond donors (Lipinski definition) is 1. The summed E-state index contributed by atoms with van der Waals surface area (Å²) in [4.78, 5) is 33.1. The second kappa shape index (κ2) is 7.87. The zero-order valence-electron chi connectivity index (χ0n) is 12.4. The molecule has 22 heavy (non-hydrogen) atoms. The van der Waals surface area contributed by atoms with Crippen molar-refractivity contribution < 1.29 is 9.59 Å². The minimum absolute atomic E-state index is 0.311.